The molecular formula is C18H21BrN2O3S. The van der Waals surface area contributed by atoms with Gasteiger partial charge in [0.1, 0.15) is 6.04 Å². The van der Waals surface area contributed by atoms with Crippen LogP contribution in [0.25, 0.3) is 0 Å². The zero-order valence-corrected chi connectivity index (χ0v) is 16.8. The Balaban J connectivity index is 2.36. The van der Waals surface area contributed by atoms with E-state index in [9.17, 15) is 13.2 Å². The first kappa shape index (κ1) is 19.5. The molecule has 0 aliphatic heterocycles. The van der Waals surface area contributed by atoms with Gasteiger partial charge in [-0.15, -0.1) is 0 Å². The van der Waals surface area contributed by atoms with E-state index in [0.717, 1.165) is 16.3 Å². The first-order valence-corrected chi connectivity index (χ1v) is 10.5. The minimum atomic E-state index is -3.62. The van der Waals surface area contributed by atoms with Gasteiger partial charge in [-0.3, -0.25) is 9.10 Å². The van der Waals surface area contributed by atoms with Crippen molar-refractivity contribution in [2.75, 3.05) is 15.9 Å². The van der Waals surface area contributed by atoms with Crippen molar-refractivity contribution in [1.29, 1.82) is 0 Å². The molecule has 7 heteroatoms. The lowest BCUT2D eigenvalue weighted by atomic mass is 10.1. The number of nitrogens with one attached hydrogen (secondary N) is 1. The molecular weight excluding hydrogens is 404 g/mol. The predicted molar refractivity (Wildman–Crippen MR) is 105 cm³/mol. The number of nitrogens with zero attached hydrogens (tertiary/aromatic N) is 1. The average molecular weight is 425 g/mol. The first-order chi connectivity index (χ1) is 11.7. The molecule has 0 spiro atoms. The van der Waals surface area contributed by atoms with Crippen LogP contribution in [0.1, 0.15) is 18.9 Å². The minimum Gasteiger partial charge on any atom is -0.324 e. The van der Waals surface area contributed by atoms with Crippen molar-refractivity contribution < 1.29 is 13.2 Å². The lowest BCUT2D eigenvalue weighted by Gasteiger charge is -2.30. The van der Waals surface area contributed by atoms with Crippen molar-refractivity contribution in [1.82, 2.24) is 0 Å². The molecule has 0 aliphatic carbocycles. The van der Waals surface area contributed by atoms with E-state index in [1.165, 1.54) is 4.31 Å². The highest BCUT2D eigenvalue weighted by molar-refractivity contribution is 9.10. The Morgan fingerprint density at radius 1 is 1.20 bits per heavy atom. The fourth-order valence-electron chi connectivity index (χ4n) is 2.54. The molecule has 0 unspecified atom stereocenters. The van der Waals surface area contributed by atoms with Crippen LogP contribution in [0.3, 0.4) is 0 Å². The Bertz CT molecular complexity index is 851. The number of amides is 1. The molecule has 0 heterocycles. The number of hydrogen-bond donors (Lipinski definition) is 1. The minimum absolute atomic E-state index is 0.348. The van der Waals surface area contributed by atoms with Crippen LogP contribution in [-0.2, 0) is 14.8 Å². The lowest BCUT2D eigenvalue weighted by molar-refractivity contribution is -0.117. The van der Waals surface area contributed by atoms with Crippen LogP contribution in [0.5, 0.6) is 0 Å². The second-order valence-electron chi connectivity index (χ2n) is 5.82. The van der Waals surface area contributed by atoms with Gasteiger partial charge in [-0.2, -0.15) is 0 Å². The molecule has 5 nitrogen and oxygen atoms in total. The molecule has 0 saturated heterocycles. The SMILES string of the molecule is CC[C@@H](C(=O)Nc1cccc(Br)c1)N(c1ccc(C)cc1)S(C)(=O)=O. The van der Waals surface area contributed by atoms with Gasteiger partial charge in [0.25, 0.3) is 0 Å². The third kappa shape index (κ3) is 5.06. The monoisotopic (exact) mass is 424 g/mol. The molecule has 0 saturated carbocycles. The topological polar surface area (TPSA) is 66.5 Å². The van der Waals surface area contributed by atoms with Crippen molar-refractivity contribution in [3.8, 4) is 0 Å². The van der Waals surface area contributed by atoms with E-state index in [1.54, 1.807) is 37.3 Å². The Morgan fingerprint density at radius 2 is 1.84 bits per heavy atom. The summed E-state index contributed by atoms with van der Waals surface area (Å²) in [5, 5.41) is 2.79. The van der Waals surface area contributed by atoms with Gasteiger partial charge in [-0.1, -0.05) is 46.6 Å². The molecule has 1 amide bonds. The van der Waals surface area contributed by atoms with Crippen LogP contribution in [0.2, 0.25) is 0 Å². The molecule has 0 aliphatic rings. The highest BCUT2D eigenvalue weighted by Crippen LogP contribution is 2.24. The third-order valence-electron chi connectivity index (χ3n) is 3.71. The number of carbonyl (C=O) groups excluding carboxylic acids is 1. The Kier molecular flexibility index (Phi) is 6.24. The number of anilines is 2. The zero-order chi connectivity index (χ0) is 18.6. The number of hydrogen-bond acceptors (Lipinski definition) is 3. The van der Waals surface area contributed by atoms with Gasteiger partial charge in [0.05, 0.1) is 11.9 Å². The molecule has 2 aromatic rings. The zero-order valence-electron chi connectivity index (χ0n) is 14.4. The van der Waals surface area contributed by atoms with Gasteiger partial charge in [0.2, 0.25) is 15.9 Å². The maximum absolute atomic E-state index is 12.8. The molecule has 0 bridgehead atoms. The van der Waals surface area contributed by atoms with E-state index in [-0.39, 0.29) is 5.91 Å². The fraction of sp³-hybridized carbons (Fsp3) is 0.278. The summed E-state index contributed by atoms with van der Waals surface area (Å²) in [6.45, 7) is 3.71. The number of aryl methyl sites for hydroxylation is 1. The molecule has 1 atom stereocenters. The Morgan fingerprint density at radius 3 is 2.36 bits per heavy atom. The molecule has 25 heavy (non-hydrogen) atoms. The molecule has 2 aromatic carbocycles. The number of carbonyl (C=O) groups is 1. The van der Waals surface area contributed by atoms with Crippen LogP contribution < -0.4 is 9.62 Å². The van der Waals surface area contributed by atoms with Crippen LogP contribution in [0.4, 0.5) is 11.4 Å². The van der Waals surface area contributed by atoms with Crippen molar-refractivity contribution in [3.63, 3.8) is 0 Å². The summed E-state index contributed by atoms with van der Waals surface area (Å²) in [7, 11) is -3.62. The fourth-order valence-corrected chi connectivity index (χ4v) is 4.15. The van der Waals surface area contributed by atoms with Crippen molar-refractivity contribution in [2.24, 2.45) is 0 Å². The summed E-state index contributed by atoms with van der Waals surface area (Å²) in [6, 6.07) is 13.4. The number of benzene rings is 2. The highest BCUT2D eigenvalue weighted by Gasteiger charge is 2.31. The Hall–Kier alpha value is -1.86. The average Bonchev–Trinajstić information content (AvgIpc) is 2.52. The molecule has 2 rings (SSSR count). The standard InChI is InChI=1S/C18H21BrN2O3S/c1-4-17(18(22)20-15-7-5-6-14(19)12-15)21(25(3,23)24)16-10-8-13(2)9-11-16/h5-12,17H,4H2,1-3H3,(H,20,22)/t17-/m0/s1. The van der Waals surface area contributed by atoms with Crippen LogP contribution in [0, 0.1) is 6.92 Å². The van der Waals surface area contributed by atoms with Crippen LogP contribution in [0.15, 0.2) is 53.0 Å². The maximum Gasteiger partial charge on any atom is 0.248 e. The summed E-state index contributed by atoms with van der Waals surface area (Å²) in [5.41, 5.74) is 2.10. The molecule has 0 aromatic heterocycles. The normalized spacial score (nSPS) is 12.5. The van der Waals surface area contributed by atoms with E-state index in [2.05, 4.69) is 21.2 Å². The predicted octanol–water partition coefficient (Wildman–Crippen LogP) is 3.94. The van der Waals surface area contributed by atoms with Crippen molar-refractivity contribution in [3.05, 3.63) is 58.6 Å². The summed E-state index contributed by atoms with van der Waals surface area (Å²) >= 11 is 3.35. The largest absolute Gasteiger partial charge is 0.324 e. The van der Waals surface area contributed by atoms with Gasteiger partial charge in [0.15, 0.2) is 0 Å². The number of rotatable bonds is 6. The number of halogens is 1. The van der Waals surface area contributed by atoms with E-state index >= 15 is 0 Å². The summed E-state index contributed by atoms with van der Waals surface area (Å²) in [4.78, 5) is 12.8. The van der Waals surface area contributed by atoms with Crippen LogP contribution >= 0.6 is 15.9 Å². The van der Waals surface area contributed by atoms with Crippen molar-refractivity contribution >= 4 is 43.2 Å². The summed E-state index contributed by atoms with van der Waals surface area (Å²) in [5.74, 6) is -0.369. The van der Waals surface area contributed by atoms with E-state index in [1.807, 2.05) is 25.1 Å². The lowest BCUT2D eigenvalue weighted by Crippen LogP contribution is -2.47. The highest BCUT2D eigenvalue weighted by atomic mass is 79.9. The quantitative estimate of drug-likeness (QED) is 0.763. The molecule has 1 N–H and O–H groups in total. The van der Waals surface area contributed by atoms with E-state index < -0.39 is 16.1 Å². The van der Waals surface area contributed by atoms with E-state index in [0.29, 0.717) is 17.8 Å². The molecule has 0 radical (unpaired) electrons. The van der Waals surface area contributed by atoms with Crippen LogP contribution in [-0.4, -0.2) is 26.6 Å². The maximum atomic E-state index is 12.8. The number of sulfonamides is 1. The molecule has 134 valence electrons. The third-order valence-corrected chi connectivity index (χ3v) is 5.38. The second kappa shape index (κ2) is 8.01. The Labute approximate surface area is 157 Å². The summed E-state index contributed by atoms with van der Waals surface area (Å²) in [6.07, 6.45) is 1.46. The molecule has 0 fully saturated rings. The van der Waals surface area contributed by atoms with E-state index in [4.69, 9.17) is 0 Å². The second-order valence-corrected chi connectivity index (χ2v) is 8.59. The first-order valence-electron chi connectivity index (χ1n) is 7.85. The smallest absolute Gasteiger partial charge is 0.248 e. The summed E-state index contributed by atoms with van der Waals surface area (Å²) < 4.78 is 26.7. The van der Waals surface area contributed by atoms with Crippen molar-refractivity contribution in [2.45, 2.75) is 26.3 Å². The van der Waals surface area contributed by atoms with Gasteiger partial charge < -0.3 is 5.32 Å². The van der Waals surface area contributed by atoms with Gasteiger partial charge in [0, 0.05) is 10.2 Å². The van der Waals surface area contributed by atoms with Gasteiger partial charge >= 0.3 is 0 Å². The van der Waals surface area contributed by atoms with Gasteiger partial charge in [-0.05, 0) is 43.7 Å². The van der Waals surface area contributed by atoms with Gasteiger partial charge in [-0.25, -0.2) is 8.42 Å².